The lowest BCUT2D eigenvalue weighted by molar-refractivity contribution is -0.133. The first-order valence-corrected chi connectivity index (χ1v) is 8.55. The van der Waals surface area contributed by atoms with E-state index in [2.05, 4.69) is 5.32 Å². The number of rotatable bonds is 5. The van der Waals surface area contributed by atoms with Gasteiger partial charge in [-0.1, -0.05) is 30.3 Å². The normalized spacial score (nSPS) is 14.1. The molecule has 1 N–H and O–H groups in total. The Balaban J connectivity index is 0.00000243. The number of nitrogens with zero attached hydrogens (tertiary/aromatic N) is 1. The van der Waals surface area contributed by atoms with Crippen molar-refractivity contribution in [1.82, 2.24) is 10.2 Å². The predicted molar refractivity (Wildman–Crippen MR) is 103 cm³/mol. The number of amides is 1. The van der Waals surface area contributed by atoms with Gasteiger partial charge in [0.05, 0.1) is 0 Å². The average molecular weight is 375 g/mol. The fourth-order valence-corrected chi connectivity index (χ4v) is 2.79. The molecule has 26 heavy (non-hydrogen) atoms. The summed E-state index contributed by atoms with van der Waals surface area (Å²) in [5.74, 6) is 0.555. The van der Waals surface area contributed by atoms with Crippen molar-refractivity contribution in [2.75, 3.05) is 32.8 Å². The molecule has 2 aromatic carbocycles. The van der Waals surface area contributed by atoms with E-state index in [1.165, 1.54) is 0 Å². The van der Waals surface area contributed by atoms with E-state index in [0.717, 1.165) is 26.1 Å². The van der Waals surface area contributed by atoms with Crippen LogP contribution >= 0.6 is 12.4 Å². The smallest absolute Gasteiger partial charge is 0.260 e. The van der Waals surface area contributed by atoms with Crippen LogP contribution in [-0.4, -0.2) is 49.4 Å². The zero-order valence-corrected chi connectivity index (χ0v) is 15.3. The molecule has 0 aromatic heterocycles. The summed E-state index contributed by atoms with van der Waals surface area (Å²) in [5, 5.41) is 3.27. The standard InChI is InChI=1S/C20H22N2O3.ClH/c23-19(22-13-4-11-21-12-14-22)15-25-18-9-7-17(8-10-18)20(24)16-5-2-1-3-6-16;/h1-3,5-10,21H,4,11-15H2;1H. The lowest BCUT2D eigenvalue weighted by Gasteiger charge is -2.20. The van der Waals surface area contributed by atoms with Gasteiger partial charge in [-0.25, -0.2) is 0 Å². The van der Waals surface area contributed by atoms with Crippen LogP contribution in [0.2, 0.25) is 0 Å². The maximum Gasteiger partial charge on any atom is 0.260 e. The van der Waals surface area contributed by atoms with Gasteiger partial charge in [0.2, 0.25) is 0 Å². The van der Waals surface area contributed by atoms with E-state index in [9.17, 15) is 9.59 Å². The van der Waals surface area contributed by atoms with Crippen molar-refractivity contribution in [3.8, 4) is 5.75 Å². The van der Waals surface area contributed by atoms with Gasteiger partial charge in [-0.05, 0) is 37.2 Å². The Labute approximate surface area is 159 Å². The average Bonchev–Trinajstić information content (AvgIpc) is 2.96. The van der Waals surface area contributed by atoms with Crippen LogP contribution in [0.1, 0.15) is 22.3 Å². The summed E-state index contributed by atoms with van der Waals surface area (Å²) in [5.41, 5.74) is 1.25. The Hall–Kier alpha value is -2.37. The van der Waals surface area contributed by atoms with Gasteiger partial charge in [-0.2, -0.15) is 0 Å². The lowest BCUT2D eigenvalue weighted by atomic mass is 10.0. The Bertz CT molecular complexity index is 712. The quantitative estimate of drug-likeness (QED) is 0.817. The van der Waals surface area contributed by atoms with Gasteiger partial charge in [-0.15, -0.1) is 12.4 Å². The SMILES string of the molecule is Cl.O=C(c1ccccc1)c1ccc(OCC(=O)N2CCCNCC2)cc1. The molecule has 1 saturated heterocycles. The number of halogens is 1. The van der Waals surface area contributed by atoms with E-state index >= 15 is 0 Å². The van der Waals surface area contributed by atoms with Crippen molar-refractivity contribution < 1.29 is 14.3 Å². The molecule has 6 heteroatoms. The van der Waals surface area contributed by atoms with Gasteiger partial charge in [0.25, 0.3) is 5.91 Å². The summed E-state index contributed by atoms with van der Waals surface area (Å²) in [6.07, 6.45) is 0.960. The van der Waals surface area contributed by atoms with E-state index < -0.39 is 0 Å². The van der Waals surface area contributed by atoms with Crippen LogP contribution in [0, 0.1) is 0 Å². The van der Waals surface area contributed by atoms with E-state index in [1.54, 1.807) is 36.4 Å². The highest BCUT2D eigenvalue weighted by molar-refractivity contribution is 6.08. The molecule has 0 bridgehead atoms. The second-order valence-corrected chi connectivity index (χ2v) is 5.99. The fraction of sp³-hybridized carbons (Fsp3) is 0.300. The monoisotopic (exact) mass is 374 g/mol. The van der Waals surface area contributed by atoms with Gasteiger partial charge in [0.15, 0.2) is 12.4 Å². The molecule has 0 unspecified atom stereocenters. The van der Waals surface area contributed by atoms with E-state index in [0.29, 0.717) is 23.4 Å². The first-order valence-electron chi connectivity index (χ1n) is 8.55. The molecule has 0 radical (unpaired) electrons. The van der Waals surface area contributed by atoms with Crippen LogP contribution in [0.25, 0.3) is 0 Å². The molecule has 1 aliphatic rings. The van der Waals surface area contributed by atoms with Crippen molar-refractivity contribution in [3.63, 3.8) is 0 Å². The maximum atomic E-state index is 12.4. The number of ether oxygens (including phenoxy) is 1. The molecular weight excluding hydrogens is 352 g/mol. The summed E-state index contributed by atoms with van der Waals surface area (Å²) in [7, 11) is 0. The first kappa shape index (κ1) is 19.9. The molecule has 5 nitrogen and oxygen atoms in total. The zero-order chi connectivity index (χ0) is 17.5. The van der Waals surface area contributed by atoms with Gasteiger partial charge in [0.1, 0.15) is 5.75 Å². The van der Waals surface area contributed by atoms with Gasteiger partial charge < -0.3 is 15.0 Å². The third-order valence-electron chi connectivity index (χ3n) is 4.21. The minimum absolute atomic E-state index is 0. The summed E-state index contributed by atoms with van der Waals surface area (Å²) >= 11 is 0. The fourth-order valence-electron chi connectivity index (χ4n) is 2.79. The molecule has 2 aromatic rings. The molecule has 1 heterocycles. The lowest BCUT2D eigenvalue weighted by Crippen LogP contribution is -2.37. The zero-order valence-electron chi connectivity index (χ0n) is 14.5. The number of benzene rings is 2. The number of nitrogens with one attached hydrogen (secondary N) is 1. The topological polar surface area (TPSA) is 58.6 Å². The van der Waals surface area contributed by atoms with Gasteiger partial charge in [-0.3, -0.25) is 9.59 Å². The highest BCUT2D eigenvalue weighted by Crippen LogP contribution is 2.15. The van der Waals surface area contributed by atoms with Crippen molar-refractivity contribution in [1.29, 1.82) is 0 Å². The number of hydrogen-bond donors (Lipinski definition) is 1. The van der Waals surface area contributed by atoms with Crippen molar-refractivity contribution in [2.24, 2.45) is 0 Å². The molecule has 0 atom stereocenters. The molecule has 1 amide bonds. The molecule has 1 fully saturated rings. The van der Waals surface area contributed by atoms with Crippen molar-refractivity contribution >= 4 is 24.1 Å². The number of ketones is 1. The number of carbonyl (C=O) groups is 2. The van der Waals surface area contributed by atoms with E-state index in [1.807, 2.05) is 23.1 Å². The largest absolute Gasteiger partial charge is 0.484 e. The minimum atomic E-state index is -0.0275. The van der Waals surface area contributed by atoms with Crippen LogP contribution in [0.15, 0.2) is 54.6 Å². The predicted octanol–water partition coefficient (Wildman–Crippen LogP) is 2.54. The third kappa shape index (κ3) is 5.31. The third-order valence-corrected chi connectivity index (χ3v) is 4.21. The molecule has 138 valence electrons. The highest BCUT2D eigenvalue weighted by Gasteiger charge is 2.16. The molecular formula is C20H23ClN2O3. The van der Waals surface area contributed by atoms with Gasteiger partial charge in [0, 0.05) is 30.8 Å². The first-order chi connectivity index (χ1) is 12.2. The van der Waals surface area contributed by atoms with E-state index in [4.69, 9.17) is 4.74 Å². The second kappa shape index (κ2) is 9.94. The van der Waals surface area contributed by atoms with Crippen LogP contribution < -0.4 is 10.1 Å². The second-order valence-electron chi connectivity index (χ2n) is 5.99. The van der Waals surface area contributed by atoms with Crippen molar-refractivity contribution in [2.45, 2.75) is 6.42 Å². The molecule has 0 aliphatic carbocycles. The van der Waals surface area contributed by atoms with Crippen LogP contribution in [0.5, 0.6) is 5.75 Å². The number of carbonyl (C=O) groups excluding carboxylic acids is 2. The molecule has 0 spiro atoms. The number of hydrogen-bond acceptors (Lipinski definition) is 4. The maximum absolute atomic E-state index is 12.4. The Morgan fingerprint density at radius 3 is 2.35 bits per heavy atom. The minimum Gasteiger partial charge on any atom is -0.484 e. The van der Waals surface area contributed by atoms with Crippen LogP contribution in [-0.2, 0) is 4.79 Å². The van der Waals surface area contributed by atoms with Crippen LogP contribution in [0.3, 0.4) is 0 Å². The summed E-state index contributed by atoms with van der Waals surface area (Å²) < 4.78 is 5.58. The molecule has 3 rings (SSSR count). The molecule has 0 saturated carbocycles. The van der Waals surface area contributed by atoms with Crippen molar-refractivity contribution in [3.05, 3.63) is 65.7 Å². The summed E-state index contributed by atoms with van der Waals surface area (Å²) in [6, 6.07) is 16.1. The molecule has 1 aliphatic heterocycles. The van der Waals surface area contributed by atoms with Crippen LogP contribution in [0.4, 0.5) is 0 Å². The summed E-state index contributed by atoms with van der Waals surface area (Å²) in [6.45, 7) is 3.27. The Kier molecular flexibility index (Phi) is 7.63. The van der Waals surface area contributed by atoms with E-state index in [-0.39, 0.29) is 30.7 Å². The summed E-state index contributed by atoms with van der Waals surface area (Å²) in [4.78, 5) is 26.4. The Morgan fingerprint density at radius 2 is 1.62 bits per heavy atom. The Morgan fingerprint density at radius 1 is 0.923 bits per heavy atom. The highest BCUT2D eigenvalue weighted by atomic mass is 35.5. The van der Waals surface area contributed by atoms with Gasteiger partial charge >= 0.3 is 0 Å².